The first kappa shape index (κ1) is 35.5. The van der Waals surface area contributed by atoms with Gasteiger partial charge in [0.2, 0.25) is 5.91 Å². The van der Waals surface area contributed by atoms with Gasteiger partial charge in [0.05, 0.1) is 10.8 Å². The Labute approximate surface area is 316 Å². The molecular weight excluding hydrogens is 697 g/mol. The number of fused-ring (bicyclic) bond motifs is 2. The Bertz CT molecular complexity index is 2380. The van der Waals surface area contributed by atoms with E-state index in [0.717, 1.165) is 50.9 Å². The van der Waals surface area contributed by atoms with Crippen molar-refractivity contribution >= 4 is 68.4 Å². The van der Waals surface area contributed by atoms with Gasteiger partial charge in [-0.3, -0.25) is 14.4 Å². The third kappa shape index (κ3) is 8.25. The van der Waals surface area contributed by atoms with Crippen molar-refractivity contribution in [3.8, 4) is 6.07 Å². The Kier molecular flexibility index (Phi) is 10.8. The molecule has 2 unspecified atom stereocenters. The first-order valence-electron chi connectivity index (χ1n) is 17.4. The summed E-state index contributed by atoms with van der Waals surface area (Å²) in [6, 6.07) is 42.5. The minimum Gasteiger partial charge on any atom is -0.321 e. The maximum atomic E-state index is 13.8. The van der Waals surface area contributed by atoms with Crippen molar-refractivity contribution in [3.63, 3.8) is 0 Å². The third-order valence-electron chi connectivity index (χ3n) is 9.31. The number of thioether (sulfide) groups is 1. The monoisotopic (exact) mass is 732 g/mol. The number of anilines is 2. The van der Waals surface area contributed by atoms with Crippen molar-refractivity contribution in [2.24, 2.45) is 0 Å². The highest BCUT2D eigenvalue weighted by Crippen LogP contribution is 2.42. The number of nitrogens with one attached hydrogen (secondary N) is 3. The second kappa shape index (κ2) is 16.2. The summed E-state index contributed by atoms with van der Waals surface area (Å²) in [4.78, 5) is 42.4. The van der Waals surface area contributed by atoms with E-state index >= 15 is 0 Å². The average molecular weight is 733 g/mol. The molecule has 3 amide bonds. The van der Waals surface area contributed by atoms with Crippen molar-refractivity contribution in [1.82, 2.24) is 5.32 Å². The van der Waals surface area contributed by atoms with E-state index in [1.807, 2.05) is 73.7 Å². The summed E-state index contributed by atoms with van der Waals surface area (Å²) in [6.45, 7) is 1.82. The quantitative estimate of drug-likeness (QED) is 0.0960. The molecule has 3 N–H and O–H groups in total. The molecular formula is C44H36N4O3S2. The van der Waals surface area contributed by atoms with Gasteiger partial charge in [-0.2, -0.15) is 5.26 Å². The molecule has 7 rings (SSSR count). The second-order valence-corrected chi connectivity index (χ2v) is 15.4. The summed E-state index contributed by atoms with van der Waals surface area (Å²) in [5, 5.41) is 20.9. The largest absolute Gasteiger partial charge is 0.321 e. The molecule has 5 aromatic carbocycles. The van der Waals surface area contributed by atoms with Crippen LogP contribution in [0.1, 0.15) is 56.8 Å². The first-order chi connectivity index (χ1) is 25.9. The number of thiophene rings is 1. The number of nitrogens with zero attached hydrogens (tertiary/aromatic N) is 1. The zero-order valence-corrected chi connectivity index (χ0v) is 30.6. The molecule has 1 aliphatic rings. The number of nitriles is 1. The van der Waals surface area contributed by atoms with Crippen LogP contribution in [0.25, 0.3) is 16.8 Å². The molecule has 262 valence electrons. The molecule has 0 saturated heterocycles. The Morgan fingerprint density at radius 1 is 0.868 bits per heavy atom. The lowest BCUT2D eigenvalue weighted by atomic mass is 9.83. The van der Waals surface area contributed by atoms with Gasteiger partial charge in [0.1, 0.15) is 16.8 Å². The summed E-state index contributed by atoms with van der Waals surface area (Å²) in [7, 11) is 0. The smallest absolute Gasteiger partial charge is 0.272 e. The number of carbonyl (C=O) groups excluding carboxylic acids is 3. The average Bonchev–Trinajstić information content (AvgIpc) is 3.54. The van der Waals surface area contributed by atoms with Crippen LogP contribution in [0.4, 0.5) is 10.7 Å². The van der Waals surface area contributed by atoms with Gasteiger partial charge in [-0.1, -0.05) is 97.1 Å². The molecule has 0 bridgehead atoms. The molecule has 0 aliphatic heterocycles. The normalized spacial score (nSPS) is 14.4. The summed E-state index contributed by atoms with van der Waals surface area (Å²) in [5.74, 6) is -0.707. The van der Waals surface area contributed by atoms with E-state index in [1.165, 1.54) is 28.7 Å². The molecule has 53 heavy (non-hydrogen) atoms. The molecule has 7 nitrogen and oxygen atoms in total. The second-order valence-electron chi connectivity index (χ2n) is 12.8. The Hall–Kier alpha value is -5.95. The van der Waals surface area contributed by atoms with Gasteiger partial charge in [0.25, 0.3) is 11.8 Å². The molecule has 0 radical (unpaired) electrons. The summed E-state index contributed by atoms with van der Waals surface area (Å²) >= 11 is 2.86. The minimum absolute atomic E-state index is 0.0861. The van der Waals surface area contributed by atoms with E-state index in [9.17, 15) is 19.6 Å². The zero-order chi connectivity index (χ0) is 36.7. The predicted molar refractivity (Wildman–Crippen MR) is 215 cm³/mol. The summed E-state index contributed by atoms with van der Waals surface area (Å²) in [6.07, 6.45) is 4.31. The van der Waals surface area contributed by atoms with E-state index in [4.69, 9.17) is 0 Å². The van der Waals surface area contributed by atoms with E-state index in [1.54, 1.807) is 42.5 Å². The van der Waals surface area contributed by atoms with E-state index in [2.05, 4.69) is 46.3 Å². The fourth-order valence-corrected chi connectivity index (χ4v) is 8.80. The topological polar surface area (TPSA) is 111 Å². The number of hydrogen-bond acceptors (Lipinski definition) is 6. The van der Waals surface area contributed by atoms with Gasteiger partial charge in [0.15, 0.2) is 0 Å². The van der Waals surface area contributed by atoms with Gasteiger partial charge in [0, 0.05) is 21.0 Å². The van der Waals surface area contributed by atoms with Crippen LogP contribution in [0.2, 0.25) is 0 Å². The number of hydrogen-bond donors (Lipinski definition) is 3. The molecule has 1 aliphatic carbocycles. The van der Waals surface area contributed by atoms with Crippen molar-refractivity contribution in [1.29, 1.82) is 5.26 Å². The molecule has 2 atom stereocenters. The lowest BCUT2D eigenvalue weighted by Crippen LogP contribution is -2.30. The van der Waals surface area contributed by atoms with Gasteiger partial charge in [-0.05, 0) is 96.0 Å². The van der Waals surface area contributed by atoms with Crippen molar-refractivity contribution in [2.45, 2.75) is 42.2 Å². The molecule has 0 saturated carbocycles. The van der Waals surface area contributed by atoms with E-state index < -0.39 is 17.1 Å². The number of carbonyl (C=O) groups is 3. The standard InChI is InChI=1S/C44H36N4O3S2/c1-28(41(49)48-44-38(27-45)37-23-22-32(25-40(37)53-44)29-12-4-2-5-13-29)52-35-20-11-19-34(26-35)46-43(51)39(47-42(50)31-15-6-3-7-16-31)24-33-18-10-17-30-14-8-9-21-36(30)33/h2-21,24,26,28,32H,22-23,25H2,1H3,(H,46,51)(H,47,50)(H,48,49)/b39-24+. The van der Waals surface area contributed by atoms with Gasteiger partial charge < -0.3 is 16.0 Å². The fourth-order valence-electron chi connectivity index (χ4n) is 6.59. The molecule has 0 fully saturated rings. The summed E-state index contributed by atoms with van der Waals surface area (Å²) < 4.78 is 0. The first-order valence-corrected chi connectivity index (χ1v) is 19.1. The van der Waals surface area contributed by atoms with Crippen LogP contribution >= 0.6 is 23.1 Å². The van der Waals surface area contributed by atoms with Crippen molar-refractivity contribution in [2.75, 3.05) is 10.6 Å². The van der Waals surface area contributed by atoms with Crippen LogP contribution in [0, 0.1) is 11.3 Å². The molecule has 6 aromatic rings. The SMILES string of the molecule is CC(Sc1cccc(NC(=O)/C(=C\c2cccc3ccccc23)NC(=O)c2ccccc2)c1)C(=O)Nc1sc2c(c1C#N)CCC(c1ccccc1)C2. The zero-order valence-electron chi connectivity index (χ0n) is 29.0. The highest BCUT2D eigenvalue weighted by atomic mass is 32.2. The minimum atomic E-state index is -0.490. The van der Waals surface area contributed by atoms with Crippen LogP contribution in [0.15, 0.2) is 138 Å². The molecule has 1 aromatic heterocycles. The number of amides is 3. The van der Waals surface area contributed by atoms with Gasteiger partial charge >= 0.3 is 0 Å². The maximum Gasteiger partial charge on any atom is 0.272 e. The van der Waals surface area contributed by atoms with Crippen molar-refractivity contribution in [3.05, 3.63) is 166 Å². The number of benzene rings is 5. The van der Waals surface area contributed by atoms with Gasteiger partial charge in [-0.25, -0.2) is 0 Å². The predicted octanol–water partition coefficient (Wildman–Crippen LogP) is 9.57. The molecule has 9 heteroatoms. The lowest BCUT2D eigenvalue weighted by Gasteiger charge is -2.22. The van der Waals surface area contributed by atoms with E-state index in [0.29, 0.717) is 27.7 Å². The van der Waals surface area contributed by atoms with Crippen LogP contribution in [0.3, 0.4) is 0 Å². The van der Waals surface area contributed by atoms with Crippen LogP contribution in [-0.4, -0.2) is 23.0 Å². The van der Waals surface area contributed by atoms with Crippen molar-refractivity contribution < 1.29 is 14.4 Å². The highest BCUT2D eigenvalue weighted by Gasteiger charge is 2.28. The fraction of sp³-hybridized carbons (Fsp3) is 0.136. The van der Waals surface area contributed by atoms with Crippen LogP contribution in [-0.2, 0) is 22.4 Å². The van der Waals surface area contributed by atoms with Gasteiger partial charge in [-0.15, -0.1) is 23.1 Å². The lowest BCUT2D eigenvalue weighted by molar-refractivity contribution is -0.115. The molecule has 0 spiro atoms. The summed E-state index contributed by atoms with van der Waals surface area (Å²) in [5.41, 5.74) is 4.73. The number of rotatable bonds is 10. The van der Waals surface area contributed by atoms with E-state index in [-0.39, 0.29) is 11.6 Å². The third-order valence-corrected chi connectivity index (χ3v) is 11.6. The molecule has 1 heterocycles. The Balaban J connectivity index is 1.05. The Morgan fingerprint density at radius 2 is 1.58 bits per heavy atom. The highest BCUT2D eigenvalue weighted by molar-refractivity contribution is 8.00. The maximum absolute atomic E-state index is 13.8. The Morgan fingerprint density at radius 3 is 2.38 bits per heavy atom. The van der Waals surface area contributed by atoms with Crippen LogP contribution in [0.5, 0.6) is 0 Å². The van der Waals surface area contributed by atoms with Crippen LogP contribution < -0.4 is 16.0 Å².